The van der Waals surface area contributed by atoms with E-state index in [2.05, 4.69) is 5.32 Å². The van der Waals surface area contributed by atoms with Crippen LogP contribution in [0.25, 0.3) is 10.9 Å². The molecule has 2 aromatic carbocycles. The van der Waals surface area contributed by atoms with Gasteiger partial charge in [0.25, 0.3) is 0 Å². The van der Waals surface area contributed by atoms with Crippen molar-refractivity contribution in [2.75, 3.05) is 5.32 Å². The molecular weight excluding hydrogens is 335 g/mol. The van der Waals surface area contributed by atoms with Crippen LogP contribution in [0.2, 0.25) is 10.0 Å². The van der Waals surface area contributed by atoms with Crippen molar-refractivity contribution < 1.29 is 9.59 Å². The first-order chi connectivity index (χ1) is 11.1. The molecule has 116 valence electrons. The lowest BCUT2D eigenvalue weighted by Gasteiger charge is -2.09. The van der Waals surface area contributed by atoms with Crippen molar-refractivity contribution >= 4 is 52.0 Å². The van der Waals surface area contributed by atoms with Crippen LogP contribution in [-0.4, -0.2) is 16.8 Å². The van der Waals surface area contributed by atoms with E-state index in [1.54, 1.807) is 29.0 Å². The number of halogens is 2. The van der Waals surface area contributed by atoms with Crippen LogP contribution >= 0.6 is 23.2 Å². The third kappa shape index (κ3) is 3.23. The predicted octanol–water partition coefficient (Wildman–Crippen LogP) is 4.40. The highest BCUT2D eigenvalue weighted by Gasteiger charge is 2.12. The molecule has 0 atom stereocenters. The fourth-order valence-corrected chi connectivity index (χ4v) is 2.77. The Morgan fingerprint density at radius 1 is 1.17 bits per heavy atom. The summed E-state index contributed by atoms with van der Waals surface area (Å²) in [6.45, 7) is 0.0667. The number of carbonyl (C=O) groups is 2. The first-order valence-corrected chi connectivity index (χ1v) is 7.62. The molecule has 6 heteroatoms. The summed E-state index contributed by atoms with van der Waals surface area (Å²) in [4.78, 5) is 23.4. The fourth-order valence-electron chi connectivity index (χ4n) is 2.44. The second-order valence-corrected chi connectivity index (χ2v) is 5.86. The SMILES string of the molecule is O=Cc1cn(CC(=O)Nc2cc(Cl)ccc2Cl)c2ccccc12. The summed E-state index contributed by atoms with van der Waals surface area (Å²) >= 11 is 11.9. The Hall–Kier alpha value is -2.30. The molecule has 0 saturated heterocycles. The van der Waals surface area contributed by atoms with Crippen molar-refractivity contribution in [1.82, 2.24) is 4.57 Å². The predicted molar refractivity (Wildman–Crippen MR) is 92.4 cm³/mol. The molecule has 0 spiro atoms. The van der Waals surface area contributed by atoms with E-state index in [1.807, 2.05) is 24.3 Å². The fraction of sp³-hybridized carbons (Fsp3) is 0.0588. The van der Waals surface area contributed by atoms with Gasteiger partial charge in [0.05, 0.1) is 10.7 Å². The monoisotopic (exact) mass is 346 g/mol. The number of hydrogen-bond acceptors (Lipinski definition) is 2. The van der Waals surface area contributed by atoms with Crippen LogP contribution in [0, 0.1) is 0 Å². The van der Waals surface area contributed by atoms with Gasteiger partial charge in [-0.2, -0.15) is 0 Å². The van der Waals surface area contributed by atoms with Gasteiger partial charge in [-0.3, -0.25) is 9.59 Å². The lowest BCUT2D eigenvalue weighted by Crippen LogP contribution is -2.18. The molecule has 1 heterocycles. The van der Waals surface area contributed by atoms with Crippen LogP contribution in [0.3, 0.4) is 0 Å². The molecular formula is C17H12Cl2N2O2. The highest BCUT2D eigenvalue weighted by Crippen LogP contribution is 2.26. The van der Waals surface area contributed by atoms with Crippen molar-refractivity contribution in [2.45, 2.75) is 6.54 Å². The van der Waals surface area contributed by atoms with E-state index >= 15 is 0 Å². The van der Waals surface area contributed by atoms with Crippen LogP contribution in [0.15, 0.2) is 48.7 Å². The van der Waals surface area contributed by atoms with E-state index in [9.17, 15) is 9.59 Å². The van der Waals surface area contributed by atoms with Gasteiger partial charge in [0.1, 0.15) is 6.54 Å². The molecule has 0 unspecified atom stereocenters. The Morgan fingerprint density at radius 2 is 1.96 bits per heavy atom. The van der Waals surface area contributed by atoms with E-state index in [0.717, 1.165) is 17.2 Å². The molecule has 23 heavy (non-hydrogen) atoms. The minimum atomic E-state index is -0.257. The highest BCUT2D eigenvalue weighted by molar-refractivity contribution is 6.35. The number of carbonyl (C=O) groups excluding carboxylic acids is 2. The lowest BCUT2D eigenvalue weighted by atomic mass is 10.2. The van der Waals surface area contributed by atoms with Gasteiger partial charge in [-0.1, -0.05) is 41.4 Å². The number of amides is 1. The van der Waals surface area contributed by atoms with Crippen molar-refractivity contribution in [1.29, 1.82) is 0 Å². The largest absolute Gasteiger partial charge is 0.337 e. The van der Waals surface area contributed by atoms with Crippen molar-refractivity contribution in [2.24, 2.45) is 0 Å². The molecule has 1 aromatic heterocycles. The lowest BCUT2D eigenvalue weighted by molar-refractivity contribution is -0.116. The van der Waals surface area contributed by atoms with Gasteiger partial charge in [0.15, 0.2) is 6.29 Å². The first-order valence-electron chi connectivity index (χ1n) is 6.86. The number of rotatable bonds is 4. The quantitative estimate of drug-likeness (QED) is 0.711. The van der Waals surface area contributed by atoms with E-state index in [0.29, 0.717) is 21.3 Å². The summed E-state index contributed by atoms with van der Waals surface area (Å²) in [5.41, 5.74) is 1.83. The van der Waals surface area contributed by atoms with Gasteiger partial charge in [-0.05, 0) is 24.3 Å². The zero-order chi connectivity index (χ0) is 16.4. The minimum Gasteiger partial charge on any atom is -0.337 e. The van der Waals surface area contributed by atoms with Gasteiger partial charge < -0.3 is 9.88 Å². The molecule has 3 aromatic rings. The molecule has 0 aliphatic heterocycles. The average Bonchev–Trinajstić information content (AvgIpc) is 2.89. The Labute approximate surface area is 142 Å². The summed E-state index contributed by atoms with van der Waals surface area (Å²) < 4.78 is 1.73. The molecule has 0 aliphatic carbocycles. The summed E-state index contributed by atoms with van der Waals surface area (Å²) in [6, 6.07) is 12.3. The van der Waals surface area contributed by atoms with Crippen LogP contribution < -0.4 is 5.32 Å². The molecule has 0 aliphatic rings. The Kier molecular flexibility index (Phi) is 4.37. The molecule has 0 saturated carbocycles. The molecule has 1 N–H and O–H groups in total. The normalized spacial score (nSPS) is 10.7. The Bertz CT molecular complexity index is 903. The number of nitrogens with zero attached hydrogens (tertiary/aromatic N) is 1. The van der Waals surface area contributed by atoms with E-state index < -0.39 is 0 Å². The number of anilines is 1. The molecule has 1 amide bonds. The third-order valence-corrected chi connectivity index (χ3v) is 4.03. The molecule has 0 radical (unpaired) electrons. The number of para-hydroxylation sites is 1. The maximum Gasteiger partial charge on any atom is 0.244 e. The second-order valence-electron chi connectivity index (χ2n) is 5.02. The zero-order valence-corrected chi connectivity index (χ0v) is 13.4. The number of aromatic nitrogens is 1. The summed E-state index contributed by atoms with van der Waals surface area (Å²) in [6.07, 6.45) is 2.45. The highest BCUT2D eigenvalue weighted by atomic mass is 35.5. The molecule has 0 bridgehead atoms. The zero-order valence-electron chi connectivity index (χ0n) is 11.9. The standard InChI is InChI=1S/C17H12Cl2N2O2/c18-12-5-6-14(19)15(7-12)20-17(23)9-21-8-11(10-22)13-3-1-2-4-16(13)21/h1-8,10H,9H2,(H,20,23). The van der Waals surface area contributed by atoms with Crippen LogP contribution in [0.4, 0.5) is 5.69 Å². The van der Waals surface area contributed by atoms with Crippen LogP contribution in [0.1, 0.15) is 10.4 Å². The summed E-state index contributed by atoms with van der Waals surface area (Å²) in [7, 11) is 0. The average molecular weight is 347 g/mol. The molecule has 4 nitrogen and oxygen atoms in total. The third-order valence-electron chi connectivity index (χ3n) is 3.46. The molecule has 0 fully saturated rings. The van der Waals surface area contributed by atoms with E-state index in [-0.39, 0.29) is 12.5 Å². The Morgan fingerprint density at radius 3 is 2.74 bits per heavy atom. The topological polar surface area (TPSA) is 51.1 Å². The minimum absolute atomic E-state index is 0.0667. The van der Waals surface area contributed by atoms with E-state index in [4.69, 9.17) is 23.2 Å². The summed E-state index contributed by atoms with van der Waals surface area (Å²) in [5, 5.41) is 4.44. The smallest absolute Gasteiger partial charge is 0.244 e. The number of benzene rings is 2. The van der Waals surface area contributed by atoms with Crippen LogP contribution in [0.5, 0.6) is 0 Å². The first kappa shape index (κ1) is 15.6. The van der Waals surface area contributed by atoms with Crippen molar-refractivity contribution in [3.63, 3.8) is 0 Å². The van der Waals surface area contributed by atoms with Crippen molar-refractivity contribution in [3.05, 3.63) is 64.3 Å². The maximum atomic E-state index is 12.3. The van der Waals surface area contributed by atoms with Gasteiger partial charge >= 0.3 is 0 Å². The Balaban J connectivity index is 1.86. The maximum absolute atomic E-state index is 12.3. The van der Waals surface area contributed by atoms with E-state index in [1.165, 1.54) is 0 Å². The van der Waals surface area contributed by atoms with Gasteiger partial charge in [0.2, 0.25) is 5.91 Å². The number of aldehydes is 1. The number of nitrogens with one attached hydrogen (secondary N) is 1. The summed E-state index contributed by atoms with van der Waals surface area (Å²) in [5.74, 6) is -0.257. The van der Waals surface area contributed by atoms with Crippen LogP contribution in [-0.2, 0) is 11.3 Å². The molecule has 3 rings (SSSR count). The van der Waals surface area contributed by atoms with Gasteiger partial charge in [0, 0.05) is 27.7 Å². The van der Waals surface area contributed by atoms with Crippen molar-refractivity contribution in [3.8, 4) is 0 Å². The number of hydrogen-bond donors (Lipinski definition) is 1. The number of fused-ring (bicyclic) bond motifs is 1. The van der Waals surface area contributed by atoms with Gasteiger partial charge in [-0.15, -0.1) is 0 Å². The second kappa shape index (κ2) is 6.44. The van der Waals surface area contributed by atoms with Gasteiger partial charge in [-0.25, -0.2) is 0 Å².